The average Bonchev–Trinajstić information content (AvgIpc) is 2.32. The lowest BCUT2D eigenvalue weighted by Crippen LogP contribution is -2.30. The Balaban J connectivity index is 0.00000289. The molecule has 0 fully saturated rings. The highest BCUT2D eigenvalue weighted by Gasteiger charge is 2.05. The Kier molecular flexibility index (Phi) is 9.69. The van der Waals surface area contributed by atoms with Crippen LogP contribution in [0.15, 0.2) is 24.3 Å². The molecule has 0 aromatic heterocycles. The minimum Gasteiger partial charge on any atom is -0.399 e. The predicted octanol–water partition coefficient (Wildman–Crippen LogP) is 1.79. The summed E-state index contributed by atoms with van der Waals surface area (Å²) in [5.41, 5.74) is 7.79. The van der Waals surface area contributed by atoms with Crippen molar-refractivity contribution in [3.63, 3.8) is 0 Å². The van der Waals surface area contributed by atoms with Crippen molar-refractivity contribution in [1.82, 2.24) is 4.90 Å². The van der Waals surface area contributed by atoms with Crippen LogP contribution in [0.2, 0.25) is 0 Å². The molecule has 0 aliphatic carbocycles. The summed E-state index contributed by atoms with van der Waals surface area (Å²) in [6.45, 7) is 4.12. The molecule has 0 atom stereocenters. The Labute approximate surface area is 115 Å². The van der Waals surface area contributed by atoms with Crippen molar-refractivity contribution in [2.45, 2.75) is 6.54 Å². The molecule has 0 aliphatic rings. The molecule has 1 aromatic rings. The third-order valence-corrected chi connectivity index (χ3v) is 2.58. The van der Waals surface area contributed by atoms with Gasteiger partial charge in [0, 0.05) is 39.5 Å². The van der Waals surface area contributed by atoms with E-state index in [1.54, 1.807) is 14.2 Å². The SMILES string of the molecule is COCCN(CCOC)Cc1cccc(N)c1.Cl. The minimum atomic E-state index is 0. The molecule has 5 heteroatoms. The number of hydrogen-bond donors (Lipinski definition) is 1. The average molecular weight is 275 g/mol. The van der Waals surface area contributed by atoms with E-state index in [-0.39, 0.29) is 12.4 Å². The van der Waals surface area contributed by atoms with Gasteiger partial charge in [0.15, 0.2) is 0 Å². The third-order valence-electron chi connectivity index (χ3n) is 2.58. The highest BCUT2D eigenvalue weighted by molar-refractivity contribution is 5.85. The van der Waals surface area contributed by atoms with Crippen LogP contribution in [-0.4, -0.2) is 45.4 Å². The van der Waals surface area contributed by atoms with Crippen molar-refractivity contribution in [1.29, 1.82) is 0 Å². The third kappa shape index (κ3) is 6.81. The van der Waals surface area contributed by atoms with Crippen molar-refractivity contribution < 1.29 is 9.47 Å². The first-order chi connectivity index (χ1) is 8.26. The maximum Gasteiger partial charge on any atom is 0.0589 e. The van der Waals surface area contributed by atoms with Gasteiger partial charge in [-0.05, 0) is 17.7 Å². The Morgan fingerprint density at radius 2 is 1.72 bits per heavy atom. The molecule has 0 saturated carbocycles. The molecule has 0 aliphatic heterocycles. The fraction of sp³-hybridized carbons (Fsp3) is 0.538. The number of ether oxygens (including phenoxy) is 2. The molecule has 4 nitrogen and oxygen atoms in total. The molecule has 104 valence electrons. The first kappa shape index (κ1) is 17.2. The van der Waals surface area contributed by atoms with Crippen molar-refractivity contribution >= 4 is 18.1 Å². The molecular formula is C13H23ClN2O2. The summed E-state index contributed by atoms with van der Waals surface area (Å²) in [5.74, 6) is 0. The van der Waals surface area contributed by atoms with Crippen LogP contribution in [0.25, 0.3) is 0 Å². The summed E-state index contributed by atoms with van der Waals surface area (Å²) >= 11 is 0. The second kappa shape index (κ2) is 10.1. The number of nitrogen functional groups attached to an aromatic ring is 1. The number of nitrogens with zero attached hydrogens (tertiary/aromatic N) is 1. The number of anilines is 1. The predicted molar refractivity (Wildman–Crippen MR) is 77.1 cm³/mol. The maximum atomic E-state index is 5.77. The van der Waals surface area contributed by atoms with Gasteiger partial charge >= 0.3 is 0 Å². The Morgan fingerprint density at radius 3 is 2.22 bits per heavy atom. The summed E-state index contributed by atoms with van der Waals surface area (Å²) in [6.07, 6.45) is 0. The Bertz CT molecular complexity index is 316. The smallest absolute Gasteiger partial charge is 0.0589 e. The lowest BCUT2D eigenvalue weighted by atomic mass is 10.2. The summed E-state index contributed by atoms with van der Waals surface area (Å²) in [6, 6.07) is 7.98. The van der Waals surface area contributed by atoms with E-state index >= 15 is 0 Å². The standard InChI is InChI=1S/C13H22N2O2.ClH/c1-16-8-6-15(7-9-17-2)11-12-4-3-5-13(14)10-12;/h3-5,10H,6-9,11,14H2,1-2H3;1H. The number of nitrogens with two attached hydrogens (primary N) is 1. The van der Waals surface area contributed by atoms with E-state index in [9.17, 15) is 0 Å². The summed E-state index contributed by atoms with van der Waals surface area (Å²) in [5, 5.41) is 0. The van der Waals surface area contributed by atoms with Crippen LogP contribution in [0.1, 0.15) is 5.56 Å². The van der Waals surface area contributed by atoms with Gasteiger partial charge in [0.05, 0.1) is 13.2 Å². The van der Waals surface area contributed by atoms with Crippen LogP contribution < -0.4 is 5.73 Å². The summed E-state index contributed by atoms with van der Waals surface area (Å²) in [7, 11) is 3.43. The van der Waals surface area contributed by atoms with Crippen LogP contribution >= 0.6 is 12.4 Å². The van der Waals surface area contributed by atoms with Crippen LogP contribution in [-0.2, 0) is 16.0 Å². The van der Waals surface area contributed by atoms with E-state index in [1.165, 1.54) is 5.56 Å². The van der Waals surface area contributed by atoms with Gasteiger partial charge in [-0.15, -0.1) is 12.4 Å². The number of methoxy groups -OCH3 is 2. The zero-order chi connectivity index (χ0) is 12.5. The van der Waals surface area contributed by atoms with E-state index in [4.69, 9.17) is 15.2 Å². The summed E-state index contributed by atoms with van der Waals surface area (Å²) < 4.78 is 10.2. The maximum absolute atomic E-state index is 5.77. The highest BCUT2D eigenvalue weighted by Crippen LogP contribution is 2.09. The van der Waals surface area contributed by atoms with Crippen LogP contribution in [0, 0.1) is 0 Å². The van der Waals surface area contributed by atoms with Crippen molar-refractivity contribution in [3.05, 3.63) is 29.8 Å². The van der Waals surface area contributed by atoms with E-state index in [0.717, 1.165) is 38.5 Å². The molecule has 0 bridgehead atoms. The van der Waals surface area contributed by atoms with E-state index in [2.05, 4.69) is 11.0 Å². The normalized spacial score (nSPS) is 10.4. The van der Waals surface area contributed by atoms with E-state index in [0.29, 0.717) is 0 Å². The largest absolute Gasteiger partial charge is 0.399 e. The van der Waals surface area contributed by atoms with Crippen molar-refractivity contribution in [2.24, 2.45) is 0 Å². The quantitative estimate of drug-likeness (QED) is 0.734. The van der Waals surface area contributed by atoms with Gasteiger partial charge in [0.25, 0.3) is 0 Å². The molecule has 18 heavy (non-hydrogen) atoms. The molecule has 2 N–H and O–H groups in total. The first-order valence-electron chi connectivity index (χ1n) is 5.81. The van der Waals surface area contributed by atoms with E-state index < -0.39 is 0 Å². The van der Waals surface area contributed by atoms with Crippen molar-refractivity contribution in [3.8, 4) is 0 Å². The lowest BCUT2D eigenvalue weighted by Gasteiger charge is -2.21. The van der Waals surface area contributed by atoms with Gasteiger partial charge in [-0.3, -0.25) is 4.90 Å². The summed E-state index contributed by atoms with van der Waals surface area (Å²) in [4.78, 5) is 2.29. The van der Waals surface area contributed by atoms with Gasteiger partial charge in [-0.2, -0.15) is 0 Å². The van der Waals surface area contributed by atoms with Crippen LogP contribution in [0.4, 0.5) is 5.69 Å². The molecule has 0 saturated heterocycles. The topological polar surface area (TPSA) is 47.7 Å². The molecule has 0 amide bonds. The van der Waals surface area contributed by atoms with Gasteiger partial charge in [0.1, 0.15) is 0 Å². The van der Waals surface area contributed by atoms with E-state index in [1.807, 2.05) is 18.2 Å². The van der Waals surface area contributed by atoms with Gasteiger partial charge in [-0.25, -0.2) is 0 Å². The second-order valence-electron chi connectivity index (χ2n) is 4.01. The number of halogens is 1. The molecule has 1 rings (SSSR count). The van der Waals surface area contributed by atoms with Crippen molar-refractivity contribution in [2.75, 3.05) is 46.3 Å². The number of rotatable bonds is 8. The van der Waals surface area contributed by atoms with Crippen LogP contribution in [0.3, 0.4) is 0 Å². The highest BCUT2D eigenvalue weighted by atomic mass is 35.5. The second-order valence-corrected chi connectivity index (χ2v) is 4.01. The fourth-order valence-electron chi connectivity index (χ4n) is 1.66. The van der Waals surface area contributed by atoms with Gasteiger partial charge in [-0.1, -0.05) is 12.1 Å². The molecule has 0 radical (unpaired) electrons. The first-order valence-corrected chi connectivity index (χ1v) is 5.81. The number of hydrogen-bond acceptors (Lipinski definition) is 4. The Morgan fingerprint density at radius 1 is 1.11 bits per heavy atom. The lowest BCUT2D eigenvalue weighted by molar-refractivity contribution is 0.110. The molecular weight excluding hydrogens is 252 g/mol. The molecule has 1 aromatic carbocycles. The number of benzene rings is 1. The minimum absolute atomic E-state index is 0. The molecule has 0 spiro atoms. The zero-order valence-corrected chi connectivity index (χ0v) is 11.9. The van der Waals surface area contributed by atoms with Gasteiger partial charge < -0.3 is 15.2 Å². The molecule has 0 heterocycles. The zero-order valence-electron chi connectivity index (χ0n) is 11.1. The van der Waals surface area contributed by atoms with Gasteiger partial charge in [0.2, 0.25) is 0 Å². The fourth-order valence-corrected chi connectivity index (χ4v) is 1.66. The molecule has 0 unspecified atom stereocenters. The monoisotopic (exact) mass is 274 g/mol. The Hall–Kier alpha value is -0.810. The van der Waals surface area contributed by atoms with Crippen LogP contribution in [0.5, 0.6) is 0 Å².